The molecular weight excluding hydrogens is 442 g/mol. The first kappa shape index (κ1) is 24.0. The maximum atomic E-state index is 9.40. The molecule has 0 amide bonds. The first-order valence-corrected chi connectivity index (χ1v) is 15.2. The van der Waals surface area contributed by atoms with E-state index in [1.54, 1.807) is 19.2 Å². The molecule has 0 fully saturated rings. The van der Waals surface area contributed by atoms with Crippen molar-refractivity contribution in [3.8, 4) is 11.8 Å². The summed E-state index contributed by atoms with van der Waals surface area (Å²) < 4.78 is 14.0. The number of hydrogen-bond acceptors (Lipinski definition) is 5. The lowest BCUT2D eigenvalue weighted by Gasteiger charge is -2.29. The van der Waals surface area contributed by atoms with Crippen molar-refractivity contribution in [3.05, 3.63) is 59.0 Å². The maximum Gasteiger partial charge on any atom is 0.136 e. The highest BCUT2D eigenvalue weighted by Crippen LogP contribution is 2.40. The summed E-state index contributed by atoms with van der Waals surface area (Å²) in [5, 5.41) is 10.4. The molecule has 0 saturated carbocycles. The Hall–Kier alpha value is -3.12. The largest absolute Gasteiger partial charge is 0.496 e. The molecule has 0 bridgehead atoms. The smallest absolute Gasteiger partial charge is 0.136 e. The van der Waals surface area contributed by atoms with Crippen LogP contribution in [0.3, 0.4) is 0 Å². The van der Waals surface area contributed by atoms with Crippen LogP contribution in [0.15, 0.2) is 36.5 Å². The van der Waals surface area contributed by atoms with Crippen LogP contribution < -0.4 is 10.5 Å². The van der Waals surface area contributed by atoms with Crippen LogP contribution in [0.5, 0.6) is 5.75 Å². The Morgan fingerprint density at radius 3 is 2.68 bits per heavy atom. The number of H-pyrrole nitrogens is 1. The van der Waals surface area contributed by atoms with Gasteiger partial charge in [-0.3, -0.25) is 0 Å². The van der Waals surface area contributed by atoms with E-state index in [0.29, 0.717) is 30.5 Å². The van der Waals surface area contributed by atoms with Crippen molar-refractivity contribution in [2.24, 2.45) is 5.73 Å². The fourth-order valence-electron chi connectivity index (χ4n) is 4.45. The van der Waals surface area contributed by atoms with Gasteiger partial charge in [0.25, 0.3) is 0 Å². The van der Waals surface area contributed by atoms with Gasteiger partial charge in [0.2, 0.25) is 0 Å². The van der Waals surface area contributed by atoms with Crippen LogP contribution in [0.25, 0.3) is 21.9 Å². The average Bonchev–Trinajstić information content (AvgIpc) is 3.40. The van der Waals surface area contributed by atoms with E-state index in [4.69, 9.17) is 20.2 Å². The number of hydrogen-bond donors (Lipinski definition) is 2. The number of fused-ring (bicyclic) bond motifs is 2. The average molecular weight is 476 g/mol. The summed E-state index contributed by atoms with van der Waals surface area (Å²) >= 11 is 0. The molecule has 3 N–H and O–H groups in total. The molecule has 1 unspecified atom stereocenters. The number of aryl methyl sites for hydroxylation is 1. The van der Waals surface area contributed by atoms with Crippen molar-refractivity contribution in [3.63, 3.8) is 0 Å². The molecule has 4 rings (SSSR count). The zero-order valence-corrected chi connectivity index (χ0v) is 21.8. The number of benzene rings is 2. The summed E-state index contributed by atoms with van der Waals surface area (Å²) in [6.07, 6.45) is 1.92. The van der Waals surface area contributed by atoms with Crippen molar-refractivity contribution < 1.29 is 9.47 Å². The molecule has 1 atom stereocenters. The summed E-state index contributed by atoms with van der Waals surface area (Å²) in [6, 6.07) is 12.8. The number of methoxy groups -OCH3 is 1. The third-order valence-electron chi connectivity index (χ3n) is 6.30. The third kappa shape index (κ3) is 4.34. The number of imidazole rings is 1. The first-order valence-electron chi connectivity index (χ1n) is 11.5. The maximum absolute atomic E-state index is 9.40. The molecule has 0 radical (unpaired) electrons. The highest BCUT2D eigenvalue weighted by atomic mass is 28.3. The van der Waals surface area contributed by atoms with Crippen LogP contribution in [0.4, 0.5) is 0 Å². The number of rotatable bonds is 8. The summed E-state index contributed by atoms with van der Waals surface area (Å²) in [5.41, 5.74) is 11.3. The van der Waals surface area contributed by atoms with Crippen LogP contribution in [0.2, 0.25) is 25.7 Å². The molecule has 0 spiro atoms. The van der Waals surface area contributed by atoms with Crippen molar-refractivity contribution >= 4 is 30.0 Å². The van der Waals surface area contributed by atoms with Crippen molar-refractivity contribution in [1.82, 2.24) is 14.5 Å². The second kappa shape index (κ2) is 8.91. The molecule has 178 valence electrons. The van der Waals surface area contributed by atoms with Gasteiger partial charge in [0.1, 0.15) is 23.8 Å². The van der Waals surface area contributed by atoms with Crippen LogP contribution in [-0.2, 0) is 17.0 Å². The second-order valence-corrected chi connectivity index (χ2v) is 15.9. The van der Waals surface area contributed by atoms with Gasteiger partial charge in [-0.15, -0.1) is 0 Å². The lowest BCUT2D eigenvalue weighted by molar-refractivity contribution is 0.0860. The summed E-state index contributed by atoms with van der Waals surface area (Å²) in [5.74, 6) is 1.38. The van der Waals surface area contributed by atoms with Gasteiger partial charge < -0.3 is 24.8 Å². The minimum atomic E-state index is -1.22. The van der Waals surface area contributed by atoms with E-state index >= 15 is 0 Å². The molecule has 0 aliphatic rings. The van der Waals surface area contributed by atoms with Crippen molar-refractivity contribution in [1.29, 1.82) is 5.26 Å². The first-order chi connectivity index (χ1) is 16.1. The summed E-state index contributed by atoms with van der Waals surface area (Å²) in [7, 11) is 0.442. The lowest BCUT2D eigenvalue weighted by Crippen LogP contribution is -2.38. The minimum Gasteiger partial charge on any atom is -0.496 e. The quantitative estimate of drug-likeness (QED) is 0.268. The van der Waals surface area contributed by atoms with E-state index < -0.39 is 13.6 Å². The number of nitriles is 1. The Balaban J connectivity index is 1.87. The van der Waals surface area contributed by atoms with Crippen LogP contribution >= 0.6 is 0 Å². The molecule has 2 aromatic carbocycles. The zero-order valence-electron chi connectivity index (χ0n) is 20.8. The van der Waals surface area contributed by atoms with Gasteiger partial charge in [-0.1, -0.05) is 19.6 Å². The minimum absolute atomic E-state index is 0.333. The number of nitrogens with zero attached hydrogens (tertiary/aromatic N) is 3. The van der Waals surface area contributed by atoms with Gasteiger partial charge >= 0.3 is 0 Å². The third-order valence-corrected chi connectivity index (χ3v) is 8.01. The van der Waals surface area contributed by atoms with Gasteiger partial charge in [-0.05, 0) is 55.8 Å². The number of nitrogens with one attached hydrogen (secondary N) is 1. The molecule has 2 heterocycles. The lowest BCUT2D eigenvalue weighted by atomic mass is 9.87. The van der Waals surface area contributed by atoms with E-state index in [2.05, 4.69) is 30.7 Å². The normalized spacial score (nSPS) is 13.8. The van der Waals surface area contributed by atoms with Gasteiger partial charge in [-0.2, -0.15) is 5.26 Å². The Labute approximate surface area is 201 Å². The van der Waals surface area contributed by atoms with Crippen molar-refractivity contribution in [2.45, 2.75) is 51.8 Å². The molecule has 0 aliphatic heterocycles. The van der Waals surface area contributed by atoms with Crippen LogP contribution in [-0.4, -0.2) is 36.3 Å². The Bertz CT molecular complexity index is 1390. The van der Waals surface area contributed by atoms with Crippen molar-refractivity contribution in [2.75, 3.05) is 13.7 Å². The Morgan fingerprint density at radius 1 is 1.24 bits per heavy atom. The standard InChI is InChI=1S/C26H33N5O2Si/c1-17-13-22(32-3)23(19-9-10-29-24(17)19)26(2,28)25-30-20-14-18(15-27)7-8-21(20)31(25)16-33-11-12-34(4,5)6/h7-10,13-14,29H,11-12,16,28H2,1-6H3. The summed E-state index contributed by atoms with van der Waals surface area (Å²) in [6.45, 7) is 12.0. The van der Waals surface area contributed by atoms with Gasteiger partial charge in [0.05, 0.1) is 29.8 Å². The molecule has 7 nitrogen and oxygen atoms in total. The predicted octanol–water partition coefficient (Wildman–Crippen LogP) is 5.24. The Kier molecular flexibility index (Phi) is 6.29. The van der Waals surface area contributed by atoms with E-state index in [1.165, 1.54) is 0 Å². The van der Waals surface area contributed by atoms with Crippen LogP contribution in [0, 0.1) is 18.3 Å². The molecular formula is C26H33N5O2Si. The zero-order chi connectivity index (χ0) is 24.7. The molecule has 4 aromatic rings. The summed E-state index contributed by atoms with van der Waals surface area (Å²) in [4.78, 5) is 8.26. The van der Waals surface area contributed by atoms with E-state index in [-0.39, 0.29) is 0 Å². The van der Waals surface area contributed by atoms with Crippen LogP contribution in [0.1, 0.15) is 29.4 Å². The van der Waals surface area contributed by atoms with Gasteiger partial charge in [0, 0.05) is 37.3 Å². The molecule has 2 aromatic heterocycles. The number of nitrogens with two attached hydrogens (primary N) is 1. The highest BCUT2D eigenvalue weighted by molar-refractivity contribution is 6.76. The Morgan fingerprint density at radius 2 is 2.00 bits per heavy atom. The number of aromatic nitrogens is 3. The molecule has 0 aliphatic carbocycles. The van der Waals surface area contributed by atoms with Gasteiger partial charge in [-0.25, -0.2) is 4.98 Å². The highest BCUT2D eigenvalue weighted by Gasteiger charge is 2.35. The van der Waals surface area contributed by atoms with E-state index in [9.17, 15) is 5.26 Å². The number of aromatic amines is 1. The monoisotopic (exact) mass is 475 g/mol. The molecule has 0 saturated heterocycles. The molecule has 34 heavy (non-hydrogen) atoms. The fourth-order valence-corrected chi connectivity index (χ4v) is 5.20. The van der Waals surface area contributed by atoms with E-state index in [0.717, 1.165) is 39.1 Å². The number of ether oxygens (including phenoxy) is 2. The topological polar surface area (TPSA) is 102 Å². The molecule has 8 heteroatoms. The fraction of sp³-hybridized carbons (Fsp3) is 0.385. The SMILES string of the molecule is COc1cc(C)c2[nH]ccc2c1C(C)(N)c1nc2cc(C#N)ccc2n1COCC[Si](C)(C)C. The second-order valence-electron chi connectivity index (χ2n) is 10.3. The van der Waals surface area contributed by atoms with E-state index in [1.807, 2.05) is 42.8 Å². The van der Waals surface area contributed by atoms with Gasteiger partial charge in [0.15, 0.2) is 0 Å². The predicted molar refractivity (Wildman–Crippen MR) is 139 cm³/mol.